The number of likely N-dealkylation sites (tertiary alicyclic amines) is 1. The molecule has 0 aromatic rings. The third-order valence-corrected chi connectivity index (χ3v) is 5.89. The molecule has 2 heterocycles. The Labute approximate surface area is 149 Å². The first-order valence-electron chi connectivity index (χ1n) is 9.63. The second-order valence-electron chi connectivity index (χ2n) is 7.80. The predicted octanol–water partition coefficient (Wildman–Crippen LogP) is 1.09. The van der Waals surface area contributed by atoms with Crippen molar-refractivity contribution in [1.82, 2.24) is 20.4 Å². The molecule has 0 atom stereocenters. The van der Waals surface area contributed by atoms with Crippen LogP contribution in [0.4, 0.5) is 4.79 Å². The molecule has 3 fully saturated rings. The van der Waals surface area contributed by atoms with Crippen LogP contribution in [0.2, 0.25) is 0 Å². The zero-order valence-corrected chi connectivity index (χ0v) is 15.2. The molecule has 25 heavy (non-hydrogen) atoms. The summed E-state index contributed by atoms with van der Waals surface area (Å²) in [4.78, 5) is 40.2. The first-order valence-corrected chi connectivity index (χ1v) is 9.63. The average Bonchev–Trinajstić information content (AvgIpc) is 3.14. The number of imide groups is 1. The number of rotatable bonds is 6. The molecular weight excluding hydrogens is 320 g/mol. The molecule has 1 aliphatic carbocycles. The van der Waals surface area contributed by atoms with E-state index < -0.39 is 5.54 Å². The van der Waals surface area contributed by atoms with Crippen LogP contribution in [-0.4, -0.2) is 65.9 Å². The summed E-state index contributed by atoms with van der Waals surface area (Å²) >= 11 is 0. The molecule has 0 unspecified atom stereocenters. The van der Waals surface area contributed by atoms with Gasteiger partial charge in [0.1, 0.15) is 5.54 Å². The summed E-state index contributed by atoms with van der Waals surface area (Å²) in [5.74, 6) is 0.557. The van der Waals surface area contributed by atoms with Crippen LogP contribution >= 0.6 is 0 Å². The summed E-state index contributed by atoms with van der Waals surface area (Å²) < 4.78 is 0. The number of hydrogen-bond donors (Lipinski definition) is 2. The van der Waals surface area contributed by atoms with Crippen molar-refractivity contribution in [2.45, 2.75) is 57.4 Å². The Bertz CT molecular complexity index is 522. The molecule has 0 radical (unpaired) electrons. The van der Waals surface area contributed by atoms with Gasteiger partial charge in [-0.1, -0.05) is 19.8 Å². The van der Waals surface area contributed by atoms with E-state index in [2.05, 4.69) is 22.5 Å². The first-order chi connectivity index (χ1) is 12.0. The summed E-state index contributed by atoms with van der Waals surface area (Å²) in [5.41, 5.74) is -0.682. The zero-order valence-electron chi connectivity index (χ0n) is 15.2. The van der Waals surface area contributed by atoms with Crippen molar-refractivity contribution in [3.8, 4) is 0 Å². The summed E-state index contributed by atoms with van der Waals surface area (Å²) in [7, 11) is 0. The Balaban J connectivity index is 1.36. The highest BCUT2D eigenvalue weighted by atomic mass is 16.2. The maximum absolute atomic E-state index is 12.5. The molecule has 0 bridgehead atoms. The van der Waals surface area contributed by atoms with Crippen LogP contribution < -0.4 is 10.6 Å². The number of nitrogens with one attached hydrogen (secondary N) is 2. The molecule has 2 N–H and O–H groups in total. The third-order valence-electron chi connectivity index (χ3n) is 5.89. The molecule has 2 saturated heterocycles. The van der Waals surface area contributed by atoms with Crippen LogP contribution in [0.5, 0.6) is 0 Å². The monoisotopic (exact) mass is 350 g/mol. The number of amides is 4. The van der Waals surface area contributed by atoms with Crippen LogP contribution in [0.15, 0.2) is 0 Å². The summed E-state index contributed by atoms with van der Waals surface area (Å²) in [6, 6.07) is -0.345. The second-order valence-corrected chi connectivity index (χ2v) is 7.80. The fraction of sp³-hybridized carbons (Fsp3) is 0.833. The van der Waals surface area contributed by atoms with Crippen molar-refractivity contribution in [3.05, 3.63) is 0 Å². The van der Waals surface area contributed by atoms with Gasteiger partial charge < -0.3 is 15.5 Å². The molecule has 1 saturated carbocycles. The lowest BCUT2D eigenvalue weighted by molar-refractivity contribution is -0.131. The molecule has 3 aliphatic rings. The van der Waals surface area contributed by atoms with Crippen LogP contribution in [0, 0.1) is 5.92 Å². The number of hydrogen-bond acceptors (Lipinski definition) is 4. The van der Waals surface area contributed by atoms with E-state index in [0.717, 1.165) is 38.4 Å². The summed E-state index contributed by atoms with van der Waals surface area (Å²) in [5, 5.41) is 5.75. The quantitative estimate of drug-likeness (QED) is 0.703. The summed E-state index contributed by atoms with van der Waals surface area (Å²) in [6.45, 7) is 6.13. The Morgan fingerprint density at radius 3 is 2.56 bits per heavy atom. The van der Waals surface area contributed by atoms with Crippen molar-refractivity contribution in [2.24, 2.45) is 5.92 Å². The highest BCUT2D eigenvalue weighted by molar-refractivity contribution is 6.07. The SMILES string of the molecule is CC1CCN(CCNC(=O)CCN2C(=O)NC3(CCCC3)C2=O)CC1. The number of nitrogens with zero attached hydrogens (tertiary/aromatic N) is 2. The van der Waals surface area contributed by atoms with Gasteiger partial charge in [-0.25, -0.2) is 4.79 Å². The van der Waals surface area contributed by atoms with Gasteiger partial charge in [-0.15, -0.1) is 0 Å². The van der Waals surface area contributed by atoms with Crippen molar-refractivity contribution >= 4 is 17.8 Å². The van der Waals surface area contributed by atoms with E-state index in [9.17, 15) is 14.4 Å². The van der Waals surface area contributed by atoms with Gasteiger partial charge in [0, 0.05) is 26.1 Å². The Morgan fingerprint density at radius 2 is 1.88 bits per heavy atom. The molecule has 7 nitrogen and oxygen atoms in total. The van der Waals surface area contributed by atoms with Crippen molar-refractivity contribution in [2.75, 3.05) is 32.7 Å². The van der Waals surface area contributed by atoms with E-state index in [4.69, 9.17) is 0 Å². The number of carbonyl (C=O) groups excluding carboxylic acids is 3. The number of carbonyl (C=O) groups is 3. The van der Waals surface area contributed by atoms with Gasteiger partial charge in [-0.2, -0.15) is 0 Å². The lowest BCUT2D eigenvalue weighted by Crippen LogP contribution is -2.44. The van der Waals surface area contributed by atoms with Crippen molar-refractivity contribution < 1.29 is 14.4 Å². The lowest BCUT2D eigenvalue weighted by atomic mass is 9.98. The van der Waals surface area contributed by atoms with Gasteiger partial charge in [0.05, 0.1) is 0 Å². The zero-order chi connectivity index (χ0) is 17.9. The maximum atomic E-state index is 12.5. The minimum Gasteiger partial charge on any atom is -0.355 e. The second kappa shape index (κ2) is 7.72. The Hall–Kier alpha value is -1.63. The fourth-order valence-electron chi connectivity index (χ4n) is 4.14. The summed E-state index contributed by atoms with van der Waals surface area (Å²) in [6.07, 6.45) is 5.99. The largest absolute Gasteiger partial charge is 0.355 e. The topological polar surface area (TPSA) is 81.8 Å². The molecule has 0 aromatic carbocycles. The van der Waals surface area contributed by atoms with Gasteiger partial charge >= 0.3 is 6.03 Å². The van der Waals surface area contributed by atoms with E-state index in [0.29, 0.717) is 19.4 Å². The predicted molar refractivity (Wildman–Crippen MR) is 93.9 cm³/mol. The van der Waals surface area contributed by atoms with Gasteiger partial charge in [0.2, 0.25) is 5.91 Å². The Kier molecular flexibility index (Phi) is 5.61. The third kappa shape index (κ3) is 4.14. The molecule has 4 amide bonds. The maximum Gasteiger partial charge on any atom is 0.325 e. The molecule has 7 heteroatoms. The van der Waals surface area contributed by atoms with Gasteiger partial charge in [0.25, 0.3) is 5.91 Å². The highest BCUT2D eigenvalue weighted by Crippen LogP contribution is 2.34. The van der Waals surface area contributed by atoms with E-state index in [1.54, 1.807) is 0 Å². The minimum absolute atomic E-state index is 0.0988. The van der Waals surface area contributed by atoms with E-state index in [1.165, 1.54) is 17.7 Å². The van der Waals surface area contributed by atoms with Crippen molar-refractivity contribution in [3.63, 3.8) is 0 Å². The van der Waals surface area contributed by atoms with Crippen LogP contribution in [0.1, 0.15) is 51.9 Å². The Morgan fingerprint density at radius 1 is 1.20 bits per heavy atom. The van der Waals surface area contributed by atoms with Crippen molar-refractivity contribution in [1.29, 1.82) is 0 Å². The smallest absolute Gasteiger partial charge is 0.325 e. The van der Waals surface area contributed by atoms with Crippen LogP contribution in [-0.2, 0) is 9.59 Å². The normalized spacial score (nSPS) is 24.1. The molecule has 140 valence electrons. The minimum atomic E-state index is -0.682. The first kappa shape index (κ1) is 18.2. The standard InChI is InChI=1S/C18H30N4O3/c1-14-4-10-21(11-5-14)13-9-19-15(23)6-12-22-16(24)18(20-17(22)25)7-2-3-8-18/h14H,2-13H2,1H3,(H,19,23)(H,20,25). The van der Waals surface area contributed by atoms with Crippen LogP contribution in [0.25, 0.3) is 0 Å². The number of urea groups is 1. The van der Waals surface area contributed by atoms with E-state index >= 15 is 0 Å². The van der Waals surface area contributed by atoms with Crippen LogP contribution in [0.3, 0.4) is 0 Å². The van der Waals surface area contributed by atoms with E-state index in [1.807, 2.05) is 0 Å². The van der Waals surface area contributed by atoms with Gasteiger partial charge in [0.15, 0.2) is 0 Å². The van der Waals surface area contributed by atoms with Gasteiger partial charge in [-0.05, 0) is 44.7 Å². The number of piperidine rings is 1. The average molecular weight is 350 g/mol. The molecule has 0 aromatic heterocycles. The molecular formula is C18H30N4O3. The molecule has 1 spiro atoms. The van der Waals surface area contributed by atoms with E-state index in [-0.39, 0.29) is 30.8 Å². The van der Waals surface area contributed by atoms with Gasteiger partial charge in [-0.3, -0.25) is 14.5 Å². The molecule has 2 aliphatic heterocycles. The lowest BCUT2D eigenvalue weighted by Gasteiger charge is -2.30. The fourth-order valence-corrected chi connectivity index (χ4v) is 4.14. The highest BCUT2D eigenvalue weighted by Gasteiger charge is 2.52. The molecule has 3 rings (SSSR count).